The molecule has 0 bridgehead atoms. The fourth-order valence-corrected chi connectivity index (χ4v) is 11.4. The van der Waals surface area contributed by atoms with Crippen LogP contribution in [0.25, 0.3) is 0 Å². The second-order valence-corrected chi connectivity index (χ2v) is 17.0. The summed E-state index contributed by atoms with van der Waals surface area (Å²) in [6.07, 6.45) is 1.76. The van der Waals surface area contributed by atoms with Crippen LogP contribution in [0, 0.1) is 5.92 Å². The van der Waals surface area contributed by atoms with Gasteiger partial charge in [-0.25, -0.2) is 0 Å². The van der Waals surface area contributed by atoms with E-state index in [4.69, 9.17) is 18.6 Å². The Morgan fingerprint density at radius 2 is 1.59 bits per heavy atom. The predicted molar refractivity (Wildman–Crippen MR) is 160 cm³/mol. The smallest absolute Gasteiger partial charge is 0.261 e. The van der Waals surface area contributed by atoms with Gasteiger partial charge in [-0.2, -0.15) is 0 Å². The molecule has 2 heterocycles. The van der Waals surface area contributed by atoms with E-state index in [1.165, 1.54) is 10.4 Å². The Balaban J connectivity index is 1.65. The fourth-order valence-electron chi connectivity index (χ4n) is 6.77. The lowest BCUT2D eigenvalue weighted by atomic mass is 9.79. The van der Waals surface area contributed by atoms with Gasteiger partial charge in [0.05, 0.1) is 12.2 Å². The third-order valence-corrected chi connectivity index (χ3v) is 13.5. The molecule has 2 saturated heterocycles. The van der Waals surface area contributed by atoms with Crippen LogP contribution in [0.5, 0.6) is 0 Å². The van der Waals surface area contributed by atoms with E-state index in [2.05, 4.69) is 94.9 Å². The van der Waals surface area contributed by atoms with Gasteiger partial charge >= 0.3 is 0 Å². The summed E-state index contributed by atoms with van der Waals surface area (Å²) < 4.78 is 26.4. The first-order chi connectivity index (χ1) is 18.4. The summed E-state index contributed by atoms with van der Waals surface area (Å²) in [5, 5.41) is 14.0. The van der Waals surface area contributed by atoms with Gasteiger partial charge in [0.15, 0.2) is 11.4 Å². The standard InChI is InChI=1S/C33H48O5Si/c1-9-17-25(28-22-29(34)33(24(3)36-28)30(10-2)37-32(7,8)38-33)23-35-39(31(4,5)6,26-18-13-11-14-19-26)27-20-15-12-16-21-27/h11-16,18-21,25,28-30,34H,3,9-10,17,22-23H2,1-2,4-8H3/t25-,28-,29-,30+,33+/m0/s1. The highest BCUT2D eigenvalue weighted by molar-refractivity contribution is 6.99. The molecule has 2 aromatic carbocycles. The van der Waals surface area contributed by atoms with Crippen molar-refractivity contribution in [1.82, 2.24) is 0 Å². The van der Waals surface area contributed by atoms with Crippen molar-refractivity contribution < 1.29 is 23.7 Å². The minimum absolute atomic E-state index is 0.0933. The molecule has 0 aliphatic carbocycles. The Bertz CT molecular complexity index is 1060. The molecule has 2 aliphatic heterocycles. The van der Waals surface area contributed by atoms with Crippen molar-refractivity contribution in [2.75, 3.05) is 6.61 Å². The van der Waals surface area contributed by atoms with Gasteiger partial charge in [-0.1, -0.05) is 108 Å². The quantitative estimate of drug-likeness (QED) is 0.390. The van der Waals surface area contributed by atoms with Crippen LogP contribution >= 0.6 is 0 Å². The molecule has 2 aromatic rings. The molecule has 6 heteroatoms. The molecule has 214 valence electrons. The third kappa shape index (κ3) is 5.51. The lowest BCUT2D eigenvalue weighted by Gasteiger charge is -2.47. The molecule has 4 rings (SSSR count). The first-order valence-corrected chi connectivity index (χ1v) is 16.5. The molecule has 0 radical (unpaired) electrons. The lowest BCUT2D eigenvalue weighted by Crippen LogP contribution is -2.67. The van der Waals surface area contributed by atoms with Gasteiger partial charge in [0.1, 0.15) is 11.9 Å². The monoisotopic (exact) mass is 552 g/mol. The van der Waals surface area contributed by atoms with Gasteiger partial charge in [0, 0.05) is 18.9 Å². The molecule has 5 atom stereocenters. The van der Waals surface area contributed by atoms with E-state index in [1.54, 1.807) is 0 Å². The summed E-state index contributed by atoms with van der Waals surface area (Å²) in [6.45, 7) is 19.7. The van der Waals surface area contributed by atoms with Crippen LogP contribution in [0.15, 0.2) is 73.0 Å². The van der Waals surface area contributed by atoms with E-state index >= 15 is 0 Å². The molecular weight excluding hydrogens is 504 g/mol. The van der Waals surface area contributed by atoms with Gasteiger partial charge in [0.25, 0.3) is 8.32 Å². The van der Waals surface area contributed by atoms with Crippen molar-refractivity contribution in [3.8, 4) is 0 Å². The second-order valence-electron chi connectivity index (χ2n) is 12.7. The first kappa shape index (κ1) is 30.0. The summed E-state index contributed by atoms with van der Waals surface area (Å²) in [7, 11) is -2.69. The fraction of sp³-hybridized carbons (Fsp3) is 0.576. The molecular formula is C33H48O5Si. The summed E-state index contributed by atoms with van der Waals surface area (Å²) in [4.78, 5) is 0. The number of benzene rings is 2. The summed E-state index contributed by atoms with van der Waals surface area (Å²) in [6, 6.07) is 21.4. The van der Waals surface area contributed by atoms with Gasteiger partial charge in [-0.15, -0.1) is 0 Å². The van der Waals surface area contributed by atoms with Crippen LogP contribution in [0.1, 0.15) is 74.1 Å². The highest BCUT2D eigenvalue weighted by Gasteiger charge is 2.62. The van der Waals surface area contributed by atoms with Crippen molar-refractivity contribution >= 4 is 18.7 Å². The molecule has 0 saturated carbocycles. The average molecular weight is 553 g/mol. The third-order valence-electron chi connectivity index (χ3n) is 8.49. The zero-order chi connectivity index (χ0) is 28.5. The average Bonchev–Trinajstić information content (AvgIpc) is 3.19. The van der Waals surface area contributed by atoms with Crippen molar-refractivity contribution in [3.05, 3.63) is 73.0 Å². The SMILES string of the molecule is C=C1O[C@H]([C@@H](CCC)CO[Si](c2ccccc2)(c2ccccc2)C(C)(C)C)C[C@H](O)[C@]12OC(C)(C)O[C@@H]2CC. The Hall–Kier alpha value is -1.96. The van der Waals surface area contributed by atoms with E-state index in [-0.39, 0.29) is 23.2 Å². The second kappa shape index (κ2) is 11.5. The van der Waals surface area contributed by atoms with Crippen molar-refractivity contribution in [2.24, 2.45) is 5.92 Å². The highest BCUT2D eigenvalue weighted by Crippen LogP contribution is 2.49. The number of ether oxygens (including phenoxy) is 3. The Morgan fingerprint density at radius 1 is 1.03 bits per heavy atom. The van der Waals surface area contributed by atoms with Crippen LogP contribution in [-0.2, 0) is 18.6 Å². The molecule has 5 nitrogen and oxygen atoms in total. The normalized spacial score (nSPS) is 27.9. The molecule has 0 unspecified atom stereocenters. The van der Waals surface area contributed by atoms with Gasteiger partial charge in [0.2, 0.25) is 0 Å². The molecule has 2 aliphatic rings. The molecule has 2 fully saturated rings. The van der Waals surface area contributed by atoms with E-state index in [1.807, 2.05) is 20.8 Å². The van der Waals surface area contributed by atoms with Crippen LogP contribution in [0.3, 0.4) is 0 Å². The Kier molecular flexibility index (Phi) is 8.84. The van der Waals surface area contributed by atoms with Crippen molar-refractivity contribution in [3.63, 3.8) is 0 Å². The highest BCUT2D eigenvalue weighted by atomic mass is 28.4. The summed E-state index contributed by atoms with van der Waals surface area (Å²) >= 11 is 0. The zero-order valence-electron chi connectivity index (χ0n) is 24.9. The maximum Gasteiger partial charge on any atom is 0.261 e. The molecule has 1 N–H and O–H groups in total. The topological polar surface area (TPSA) is 57.2 Å². The number of hydrogen-bond acceptors (Lipinski definition) is 5. The molecule has 1 spiro atoms. The Labute approximate surface area is 236 Å². The summed E-state index contributed by atoms with van der Waals surface area (Å²) in [5.74, 6) is -0.248. The van der Waals surface area contributed by atoms with Crippen LogP contribution < -0.4 is 10.4 Å². The summed E-state index contributed by atoms with van der Waals surface area (Å²) in [5.41, 5.74) is -1.05. The minimum Gasteiger partial charge on any atom is -0.492 e. The van der Waals surface area contributed by atoms with E-state index < -0.39 is 25.8 Å². The van der Waals surface area contributed by atoms with E-state index in [0.29, 0.717) is 25.2 Å². The molecule has 39 heavy (non-hydrogen) atoms. The van der Waals surface area contributed by atoms with Crippen LogP contribution in [-0.4, -0.2) is 49.7 Å². The maximum absolute atomic E-state index is 11.6. The number of rotatable bonds is 9. The lowest BCUT2D eigenvalue weighted by molar-refractivity contribution is -0.209. The number of aliphatic hydroxyl groups is 1. The van der Waals surface area contributed by atoms with Gasteiger partial charge in [-0.05, 0) is 42.1 Å². The predicted octanol–water partition coefficient (Wildman–Crippen LogP) is 5.94. The van der Waals surface area contributed by atoms with E-state index in [9.17, 15) is 5.11 Å². The van der Waals surface area contributed by atoms with Crippen LogP contribution in [0.4, 0.5) is 0 Å². The van der Waals surface area contributed by atoms with E-state index in [0.717, 1.165) is 12.8 Å². The van der Waals surface area contributed by atoms with Crippen molar-refractivity contribution in [2.45, 2.75) is 109 Å². The maximum atomic E-state index is 11.6. The number of hydrogen-bond donors (Lipinski definition) is 1. The van der Waals surface area contributed by atoms with Crippen LogP contribution in [0.2, 0.25) is 5.04 Å². The zero-order valence-corrected chi connectivity index (χ0v) is 25.9. The van der Waals surface area contributed by atoms with Gasteiger partial charge < -0.3 is 23.7 Å². The molecule has 0 amide bonds. The molecule has 0 aromatic heterocycles. The Morgan fingerprint density at radius 3 is 2.05 bits per heavy atom. The van der Waals surface area contributed by atoms with Gasteiger partial charge in [-0.3, -0.25) is 0 Å². The largest absolute Gasteiger partial charge is 0.492 e. The number of aliphatic hydroxyl groups excluding tert-OH is 1. The first-order valence-electron chi connectivity index (χ1n) is 14.6. The minimum atomic E-state index is -2.69. The van der Waals surface area contributed by atoms with Crippen molar-refractivity contribution in [1.29, 1.82) is 0 Å².